The molecule has 0 spiro atoms. The Morgan fingerprint density at radius 1 is 0.185 bits per heavy atom. The van der Waals surface area contributed by atoms with Crippen molar-refractivity contribution >= 4 is 112 Å². The molecule has 19 aromatic rings. The first-order chi connectivity index (χ1) is 53.6. The van der Waals surface area contributed by atoms with Crippen LogP contribution in [0.1, 0.15) is 0 Å². The molecule has 0 N–H and O–H groups in total. The van der Waals surface area contributed by atoms with Crippen LogP contribution in [0.5, 0.6) is 0 Å². The van der Waals surface area contributed by atoms with Crippen molar-refractivity contribution in [1.82, 2.24) is 19.1 Å². The van der Waals surface area contributed by atoms with Gasteiger partial charge in [0.25, 0.3) is 0 Å². The third-order valence-corrected chi connectivity index (χ3v) is 20.6. The maximum absolute atomic E-state index is 4.58. The Kier molecular flexibility index (Phi) is 16.8. The van der Waals surface area contributed by atoms with Gasteiger partial charge in [0, 0.05) is 131 Å². The molecule has 0 aliphatic carbocycles. The van der Waals surface area contributed by atoms with Gasteiger partial charge in [0.1, 0.15) is 0 Å². The molecule has 0 aliphatic heterocycles. The first-order valence-electron chi connectivity index (χ1n) is 36.6. The van der Waals surface area contributed by atoms with E-state index >= 15 is 0 Å². The Labute approximate surface area is 627 Å². The predicted molar refractivity (Wildman–Crippen MR) is 451 cm³/mol. The number of aromatic nitrogens is 4. The molecule has 4 aromatic heterocycles. The van der Waals surface area contributed by atoms with E-state index in [1.165, 1.54) is 0 Å². The third-order valence-electron chi connectivity index (χ3n) is 20.6. The molecule has 0 fully saturated rings. The van der Waals surface area contributed by atoms with Crippen LogP contribution in [0, 0.1) is 0 Å². The smallest absolute Gasteiger partial charge is 0.0620 e. The molecule has 108 heavy (non-hydrogen) atoms. The van der Waals surface area contributed by atoms with Crippen molar-refractivity contribution in [3.63, 3.8) is 0 Å². The molecule has 19 rings (SSSR count). The van der Waals surface area contributed by atoms with E-state index in [2.05, 4.69) is 427 Å². The third kappa shape index (κ3) is 12.0. The SMILES string of the molecule is c1ccc(N(c2ccccc2)c2ccc3c(c2)c2cc(N(c4ccccc4)c4ccccc4)ccc2n3-c2cc(-c3ccc(-c4cccnc4)cc3)c(-n3c4ccc(N(c5ccccc5)c5ccccc5)cc4c4cc(N(c5ccccc5)c5ccccc5)ccc43)c(-c3ccc(-c4cccnc4)cc3)c2)cc1. The van der Waals surface area contributed by atoms with Crippen LogP contribution in [-0.4, -0.2) is 19.1 Å². The lowest BCUT2D eigenvalue weighted by Crippen LogP contribution is -2.09. The molecule has 0 atom stereocenters. The highest BCUT2D eigenvalue weighted by Crippen LogP contribution is 2.50. The number of hydrogen-bond donors (Lipinski definition) is 0. The predicted octanol–water partition coefficient (Wildman–Crippen LogP) is 27.2. The van der Waals surface area contributed by atoms with E-state index in [0.717, 1.165) is 168 Å². The molecular weight excluding hydrogens is 1310 g/mol. The molecule has 8 nitrogen and oxygen atoms in total. The average Bonchev–Trinajstić information content (AvgIpc) is 1.56. The fraction of sp³-hybridized carbons (Fsp3) is 0. The Morgan fingerprint density at radius 3 is 0.667 bits per heavy atom. The topological polar surface area (TPSA) is 48.6 Å². The van der Waals surface area contributed by atoms with Gasteiger partial charge in [-0.2, -0.15) is 0 Å². The van der Waals surface area contributed by atoms with Crippen LogP contribution in [0.2, 0.25) is 0 Å². The van der Waals surface area contributed by atoms with E-state index in [4.69, 9.17) is 0 Å². The lowest BCUT2D eigenvalue weighted by Gasteiger charge is -2.26. The summed E-state index contributed by atoms with van der Waals surface area (Å²) in [6.45, 7) is 0. The fourth-order valence-electron chi connectivity index (χ4n) is 15.7. The highest BCUT2D eigenvalue weighted by atomic mass is 15.2. The molecule has 0 saturated carbocycles. The lowest BCUT2D eigenvalue weighted by atomic mass is 9.92. The van der Waals surface area contributed by atoms with Crippen molar-refractivity contribution in [3.05, 3.63) is 425 Å². The summed E-state index contributed by atoms with van der Waals surface area (Å²) in [5.74, 6) is 0. The summed E-state index contributed by atoms with van der Waals surface area (Å²) in [6, 6.07) is 145. The van der Waals surface area contributed by atoms with Crippen molar-refractivity contribution in [2.75, 3.05) is 19.6 Å². The minimum Gasteiger partial charge on any atom is -0.310 e. The normalized spacial score (nSPS) is 11.3. The van der Waals surface area contributed by atoms with Gasteiger partial charge in [0.2, 0.25) is 0 Å². The highest BCUT2D eigenvalue weighted by molar-refractivity contribution is 6.15. The van der Waals surface area contributed by atoms with Gasteiger partial charge in [0.05, 0.1) is 27.8 Å². The van der Waals surface area contributed by atoms with Crippen LogP contribution < -0.4 is 19.6 Å². The summed E-state index contributed by atoms with van der Waals surface area (Å²) in [5.41, 5.74) is 27.3. The van der Waals surface area contributed by atoms with E-state index in [1.54, 1.807) is 0 Å². The Morgan fingerprint density at radius 2 is 0.426 bits per heavy atom. The van der Waals surface area contributed by atoms with Crippen LogP contribution in [0.4, 0.5) is 68.2 Å². The van der Waals surface area contributed by atoms with Crippen LogP contribution in [0.25, 0.3) is 99.5 Å². The van der Waals surface area contributed by atoms with Gasteiger partial charge < -0.3 is 28.7 Å². The quantitative estimate of drug-likeness (QED) is 0.0853. The molecule has 0 amide bonds. The zero-order valence-corrected chi connectivity index (χ0v) is 59.0. The van der Waals surface area contributed by atoms with Crippen molar-refractivity contribution in [2.45, 2.75) is 0 Å². The van der Waals surface area contributed by atoms with E-state index in [1.807, 2.05) is 36.9 Å². The molecular formula is C100H70N8. The summed E-state index contributed by atoms with van der Waals surface area (Å²) >= 11 is 0. The zero-order valence-electron chi connectivity index (χ0n) is 59.0. The Hall–Kier alpha value is -14.6. The van der Waals surface area contributed by atoms with Crippen molar-refractivity contribution in [3.8, 4) is 55.9 Å². The molecule has 0 saturated heterocycles. The zero-order chi connectivity index (χ0) is 71.7. The second-order valence-corrected chi connectivity index (χ2v) is 27.0. The highest BCUT2D eigenvalue weighted by Gasteiger charge is 2.28. The molecule has 8 heteroatoms. The molecule has 0 unspecified atom stereocenters. The fourth-order valence-corrected chi connectivity index (χ4v) is 15.7. The largest absolute Gasteiger partial charge is 0.310 e. The minimum atomic E-state index is 0.996. The first kappa shape index (κ1) is 64.3. The number of pyridine rings is 2. The van der Waals surface area contributed by atoms with Gasteiger partial charge in [-0.25, -0.2) is 0 Å². The van der Waals surface area contributed by atoms with Crippen LogP contribution in [0.3, 0.4) is 0 Å². The van der Waals surface area contributed by atoms with Crippen LogP contribution in [0.15, 0.2) is 425 Å². The number of benzene rings is 15. The van der Waals surface area contributed by atoms with Crippen LogP contribution in [-0.2, 0) is 0 Å². The first-order valence-corrected chi connectivity index (χ1v) is 36.6. The second-order valence-electron chi connectivity index (χ2n) is 27.0. The molecule has 15 aromatic carbocycles. The standard InChI is InChI=1S/C100H70N8/c1-9-29-77(30-10-1)103(78-31-11-2-12-32-78)85-53-57-96-92(63-85)93-64-86(104(79-33-13-3-14-34-79)80-35-15-4-16-36-80)54-58-97(93)107(96)89-67-90(73-49-45-71(46-50-73)75-27-25-61-101-69-75)100(91(68-89)74-51-47-72(48-52-74)76-28-26-62-102-70-76)108-98-59-55-87(105(81-37-17-5-18-38-81)82-39-19-6-20-40-82)65-94(98)95-66-88(56-60-99(95)108)106(83-41-21-7-22-42-83)84-43-23-8-24-44-84/h1-70H. The second kappa shape index (κ2) is 28.2. The minimum absolute atomic E-state index is 0.996. The molecule has 4 heterocycles. The summed E-state index contributed by atoms with van der Waals surface area (Å²) in [7, 11) is 0. The van der Waals surface area contributed by atoms with Gasteiger partial charge in [-0.1, -0.05) is 206 Å². The number of hydrogen-bond acceptors (Lipinski definition) is 6. The number of rotatable bonds is 18. The molecule has 0 radical (unpaired) electrons. The van der Waals surface area contributed by atoms with E-state index in [-0.39, 0.29) is 0 Å². The number of para-hydroxylation sites is 8. The number of anilines is 12. The monoisotopic (exact) mass is 1380 g/mol. The summed E-state index contributed by atoms with van der Waals surface area (Å²) in [6.07, 6.45) is 7.56. The number of fused-ring (bicyclic) bond motifs is 6. The Balaban J connectivity index is 0.924. The lowest BCUT2D eigenvalue weighted by molar-refractivity contribution is 1.15. The van der Waals surface area contributed by atoms with Crippen molar-refractivity contribution < 1.29 is 0 Å². The average molecular weight is 1380 g/mol. The van der Waals surface area contributed by atoms with E-state index in [0.29, 0.717) is 0 Å². The summed E-state index contributed by atoms with van der Waals surface area (Å²) < 4.78 is 5.05. The Bertz CT molecular complexity index is 5820. The van der Waals surface area contributed by atoms with Gasteiger partial charge in [-0.15, -0.1) is 0 Å². The molecule has 510 valence electrons. The van der Waals surface area contributed by atoms with Gasteiger partial charge in [-0.3, -0.25) is 9.97 Å². The van der Waals surface area contributed by atoms with Gasteiger partial charge >= 0.3 is 0 Å². The summed E-state index contributed by atoms with van der Waals surface area (Å²) in [4.78, 5) is 18.6. The van der Waals surface area contributed by atoms with Crippen LogP contribution >= 0.6 is 0 Å². The maximum atomic E-state index is 4.58. The number of nitrogens with zero attached hydrogens (tertiary/aromatic N) is 8. The molecule has 0 aliphatic rings. The van der Waals surface area contributed by atoms with Crippen molar-refractivity contribution in [2.24, 2.45) is 0 Å². The van der Waals surface area contributed by atoms with E-state index < -0.39 is 0 Å². The maximum Gasteiger partial charge on any atom is 0.0620 e. The van der Waals surface area contributed by atoms with Gasteiger partial charge in [-0.05, 0) is 228 Å². The molecule has 0 bridgehead atoms. The van der Waals surface area contributed by atoms with Gasteiger partial charge in [0.15, 0.2) is 0 Å². The summed E-state index contributed by atoms with van der Waals surface area (Å²) in [5, 5.41) is 4.39. The van der Waals surface area contributed by atoms with Crippen molar-refractivity contribution in [1.29, 1.82) is 0 Å². The van der Waals surface area contributed by atoms with E-state index in [9.17, 15) is 0 Å².